The molecule has 0 aromatic heterocycles. The van der Waals surface area contributed by atoms with Crippen molar-refractivity contribution in [3.63, 3.8) is 0 Å². The Morgan fingerprint density at radius 1 is 1.08 bits per heavy atom. The van der Waals surface area contributed by atoms with Crippen LogP contribution in [0.25, 0.3) is 0 Å². The minimum atomic E-state index is -1.03. The van der Waals surface area contributed by atoms with Crippen LogP contribution in [0.15, 0.2) is 34.8 Å². The molecule has 0 aliphatic rings. The lowest BCUT2D eigenvalue weighted by Gasteiger charge is -2.15. The fourth-order valence-electron chi connectivity index (χ4n) is 2.30. The lowest BCUT2D eigenvalue weighted by Crippen LogP contribution is -2.11. The topological polar surface area (TPSA) is 65.0 Å². The Morgan fingerprint density at radius 3 is 2.21 bits per heavy atom. The molecular formula is C18H19BrO5. The maximum Gasteiger partial charge on any atom is 0.335 e. The summed E-state index contributed by atoms with van der Waals surface area (Å²) in [6.45, 7) is 4.65. The van der Waals surface area contributed by atoms with Gasteiger partial charge in [-0.05, 0) is 53.0 Å². The van der Waals surface area contributed by atoms with Crippen molar-refractivity contribution in [2.45, 2.75) is 13.8 Å². The van der Waals surface area contributed by atoms with Gasteiger partial charge in [0.05, 0.1) is 17.1 Å². The Morgan fingerprint density at radius 2 is 1.67 bits per heavy atom. The summed E-state index contributed by atoms with van der Waals surface area (Å²) in [4.78, 5) is 11.1. The number of ether oxygens (including phenoxy) is 3. The van der Waals surface area contributed by atoms with Gasteiger partial charge in [-0.15, -0.1) is 0 Å². The van der Waals surface area contributed by atoms with Gasteiger partial charge in [0.2, 0.25) is 0 Å². The Labute approximate surface area is 149 Å². The molecule has 5 nitrogen and oxygen atoms in total. The Kier molecular flexibility index (Phi) is 6.09. The van der Waals surface area contributed by atoms with Crippen molar-refractivity contribution in [2.75, 3.05) is 20.3 Å². The Bertz CT molecular complexity index is 722. The zero-order valence-corrected chi connectivity index (χ0v) is 15.3. The molecule has 0 fully saturated rings. The van der Waals surface area contributed by atoms with Gasteiger partial charge in [-0.3, -0.25) is 0 Å². The number of carboxylic acid groups (broad SMARTS) is 1. The van der Waals surface area contributed by atoms with Gasteiger partial charge in [-0.2, -0.15) is 0 Å². The molecule has 0 bridgehead atoms. The number of rotatable bonds is 7. The third kappa shape index (κ3) is 4.20. The fraction of sp³-hybridized carbons (Fsp3) is 0.278. The minimum absolute atomic E-state index is 0.123. The van der Waals surface area contributed by atoms with Crippen molar-refractivity contribution < 1.29 is 24.1 Å². The van der Waals surface area contributed by atoms with Crippen molar-refractivity contribution in [3.05, 3.63) is 51.5 Å². The number of benzene rings is 2. The van der Waals surface area contributed by atoms with Gasteiger partial charge in [-0.25, -0.2) is 4.79 Å². The maximum absolute atomic E-state index is 11.1. The summed E-state index contributed by atoms with van der Waals surface area (Å²) >= 11 is 3.32. The zero-order valence-electron chi connectivity index (χ0n) is 13.8. The summed E-state index contributed by atoms with van der Waals surface area (Å²) < 4.78 is 17.2. The first-order chi connectivity index (χ1) is 11.4. The van der Waals surface area contributed by atoms with Crippen molar-refractivity contribution in [2.24, 2.45) is 0 Å². The van der Waals surface area contributed by atoms with E-state index in [-0.39, 0.29) is 5.56 Å². The first-order valence-electron chi connectivity index (χ1n) is 7.36. The molecule has 2 aromatic rings. The first kappa shape index (κ1) is 18.1. The van der Waals surface area contributed by atoms with Crippen LogP contribution in [0.1, 0.15) is 21.5 Å². The van der Waals surface area contributed by atoms with Gasteiger partial charge in [0.25, 0.3) is 0 Å². The summed E-state index contributed by atoms with van der Waals surface area (Å²) in [6, 6.07) is 8.88. The molecule has 0 radical (unpaired) electrons. The van der Waals surface area contributed by atoms with Crippen LogP contribution in [0.4, 0.5) is 0 Å². The highest BCUT2D eigenvalue weighted by Crippen LogP contribution is 2.36. The summed E-state index contributed by atoms with van der Waals surface area (Å²) in [5, 5.41) is 9.08. The number of aryl methyl sites for hydroxylation is 2. The highest BCUT2D eigenvalue weighted by Gasteiger charge is 2.15. The summed E-state index contributed by atoms with van der Waals surface area (Å²) in [7, 11) is 1.47. The Hall–Kier alpha value is -2.21. The molecular weight excluding hydrogens is 376 g/mol. The van der Waals surface area contributed by atoms with E-state index in [1.165, 1.54) is 19.2 Å². The summed E-state index contributed by atoms with van der Waals surface area (Å²) in [6.07, 6.45) is 0. The van der Waals surface area contributed by atoms with Gasteiger partial charge in [0.1, 0.15) is 19.0 Å². The summed E-state index contributed by atoms with van der Waals surface area (Å²) in [5.41, 5.74) is 2.26. The molecule has 24 heavy (non-hydrogen) atoms. The van der Waals surface area contributed by atoms with Crippen molar-refractivity contribution in [1.29, 1.82) is 0 Å². The first-order valence-corrected chi connectivity index (χ1v) is 8.16. The molecule has 0 amide bonds. The molecule has 0 spiro atoms. The van der Waals surface area contributed by atoms with Gasteiger partial charge in [0.15, 0.2) is 11.5 Å². The highest BCUT2D eigenvalue weighted by molar-refractivity contribution is 9.10. The SMILES string of the molecule is COc1cc(C(=O)O)cc(Br)c1OCCOc1c(C)cccc1C. The zero-order chi connectivity index (χ0) is 17.7. The molecule has 128 valence electrons. The molecule has 6 heteroatoms. The van der Waals surface area contributed by atoms with Crippen LogP contribution in [-0.2, 0) is 0 Å². The molecule has 0 saturated carbocycles. The molecule has 0 atom stereocenters. The number of carboxylic acids is 1. The number of carbonyl (C=O) groups is 1. The van der Waals surface area contributed by atoms with Crippen molar-refractivity contribution in [3.8, 4) is 17.2 Å². The number of methoxy groups -OCH3 is 1. The van der Waals surface area contributed by atoms with Crippen LogP contribution in [0, 0.1) is 13.8 Å². The van der Waals surface area contributed by atoms with E-state index in [0.29, 0.717) is 29.2 Å². The molecule has 0 heterocycles. The molecule has 0 aliphatic heterocycles. The molecule has 0 saturated heterocycles. The van der Waals surface area contributed by atoms with Crippen LogP contribution >= 0.6 is 15.9 Å². The van der Waals surface area contributed by atoms with E-state index in [2.05, 4.69) is 15.9 Å². The van der Waals surface area contributed by atoms with Gasteiger partial charge < -0.3 is 19.3 Å². The largest absolute Gasteiger partial charge is 0.493 e. The van der Waals surface area contributed by atoms with Crippen LogP contribution in [0.3, 0.4) is 0 Å². The quantitative estimate of drug-likeness (QED) is 0.711. The molecule has 2 aromatic carbocycles. The fourth-order valence-corrected chi connectivity index (χ4v) is 2.85. The number of hydrogen-bond donors (Lipinski definition) is 1. The third-order valence-electron chi connectivity index (χ3n) is 3.46. The van der Waals surface area contributed by atoms with E-state index < -0.39 is 5.97 Å². The predicted octanol–water partition coefficient (Wildman–Crippen LogP) is 4.23. The normalized spacial score (nSPS) is 10.3. The van der Waals surface area contributed by atoms with E-state index >= 15 is 0 Å². The van der Waals surface area contributed by atoms with Gasteiger partial charge in [-0.1, -0.05) is 18.2 Å². The number of aromatic carboxylic acids is 1. The van der Waals surface area contributed by atoms with Crippen LogP contribution in [0.5, 0.6) is 17.2 Å². The number of halogens is 1. The predicted molar refractivity (Wildman–Crippen MR) is 94.6 cm³/mol. The second-order valence-electron chi connectivity index (χ2n) is 5.21. The van der Waals surface area contributed by atoms with E-state index in [4.69, 9.17) is 19.3 Å². The molecule has 2 rings (SSSR count). The number of para-hydroxylation sites is 1. The Balaban J connectivity index is 2.03. The molecule has 0 aliphatic carbocycles. The van der Waals surface area contributed by atoms with Crippen LogP contribution < -0.4 is 14.2 Å². The van der Waals surface area contributed by atoms with Crippen molar-refractivity contribution >= 4 is 21.9 Å². The second kappa shape index (κ2) is 8.06. The number of hydrogen-bond acceptors (Lipinski definition) is 4. The summed E-state index contributed by atoms with van der Waals surface area (Å²) in [5.74, 6) is 0.633. The standard InChI is InChI=1S/C18H19BrO5/c1-11-5-4-6-12(2)16(11)23-7-8-24-17-14(19)9-13(18(20)21)10-15(17)22-3/h4-6,9-10H,7-8H2,1-3H3,(H,20,21). The smallest absolute Gasteiger partial charge is 0.335 e. The average molecular weight is 395 g/mol. The maximum atomic E-state index is 11.1. The highest BCUT2D eigenvalue weighted by atomic mass is 79.9. The monoisotopic (exact) mass is 394 g/mol. The van der Waals surface area contributed by atoms with E-state index in [0.717, 1.165) is 16.9 Å². The van der Waals surface area contributed by atoms with Crippen LogP contribution in [0.2, 0.25) is 0 Å². The van der Waals surface area contributed by atoms with E-state index in [1.807, 2.05) is 32.0 Å². The van der Waals surface area contributed by atoms with Gasteiger partial charge >= 0.3 is 5.97 Å². The molecule has 1 N–H and O–H groups in total. The second-order valence-corrected chi connectivity index (χ2v) is 6.07. The van der Waals surface area contributed by atoms with Crippen LogP contribution in [-0.4, -0.2) is 31.4 Å². The van der Waals surface area contributed by atoms with E-state index in [9.17, 15) is 4.79 Å². The van der Waals surface area contributed by atoms with Crippen molar-refractivity contribution in [1.82, 2.24) is 0 Å². The van der Waals surface area contributed by atoms with Gasteiger partial charge in [0, 0.05) is 0 Å². The lowest BCUT2D eigenvalue weighted by molar-refractivity contribution is 0.0696. The molecule has 0 unspecified atom stereocenters. The minimum Gasteiger partial charge on any atom is -0.493 e. The van der Waals surface area contributed by atoms with E-state index in [1.54, 1.807) is 0 Å². The average Bonchev–Trinajstić information content (AvgIpc) is 2.54. The third-order valence-corrected chi connectivity index (χ3v) is 4.05. The lowest BCUT2D eigenvalue weighted by atomic mass is 10.1.